The summed E-state index contributed by atoms with van der Waals surface area (Å²) in [6.07, 6.45) is 10.7. The Bertz CT molecular complexity index is 818. The van der Waals surface area contributed by atoms with Gasteiger partial charge in [-0.2, -0.15) is 0 Å². The Kier molecular flexibility index (Phi) is 6.84. The monoisotopic (exact) mass is 358 g/mol. The van der Waals surface area contributed by atoms with Crippen molar-refractivity contribution in [1.82, 2.24) is 0 Å². The molecule has 0 aliphatic heterocycles. The first kappa shape index (κ1) is 20.3. The number of hydrogen-bond donors (Lipinski definition) is 2. The third-order valence-electron chi connectivity index (χ3n) is 5.13. The van der Waals surface area contributed by atoms with E-state index in [2.05, 4.69) is 50.6 Å². The number of benzene rings is 2. The molecule has 0 fully saturated rings. The van der Waals surface area contributed by atoms with E-state index in [-0.39, 0.29) is 5.41 Å². The molecule has 27 heavy (non-hydrogen) atoms. The summed E-state index contributed by atoms with van der Waals surface area (Å²) in [5.41, 5.74) is 18.4. The van der Waals surface area contributed by atoms with Gasteiger partial charge in [0.25, 0.3) is 0 Å². The summed E-state index contributed by atoms with van der Waals surface area (Å²) in [4.78, 5) is 0. The fraction of sp³-hybridized carbons (Fsp3) is 0.200. The molecule has 0 aliphatic carbocycles. The molecule has 2 nitrogen and oxygen atoms in total. The van der Waals surface area contributed by atoms with E-state index >= 15 is 0 Å². The molecule has 2 heteroatoms. The van der Waals surface area contributed by atoms with E-state index in [1.54, 1.807) is 0 Å². The van der Waals surface area contributed by atoms with Gasteiger partial charge in [-0.3, -0.25) is 0 Å². The SMILES string of the molecule is C=CCc1ccc(C(CC=C)(CC=C)c2ccc(N)cc2)c(N)c1CC=C. The molecule has 0 amide bonds. The summed E-state index contributed by atoms with van der Waals surface area (Å²) >= 11 is 0. The van der Waals surface area contributed by atoms with Gasteiger partial charge in [-0.15, -0.1) is 26.3 Å². The van der Waals surface area contributed by atoms with Crippen LogP contribution < -0.4 is 11.5 Å². The number of nitrogens with two attached hydrogens (primary N) is 2. The Balaban J connectivity index is 2.78. The van der Waals surface area contributed by atoms with Crippen molar-refractivity contribution < 1.29 is 0 Å². The van der Waals surface area contributed by atoms with Crippen LogP contribution >= 0.6 is 0 Å². The number of allylic oxidation sites excluding steroid dienone is 4. The van der Waals surface area contributed by atoms with Crippen LogP contribution in [0.2, 0.25) is 0 Å². The van der Waals surface area contributed by atoms with Crippen molar-refractivity contribution in [3.05, 3.63) is 109 Å². The average Bonchev–Trinajstić information content (AvgIpc) is 2.65. The largest absolute Gasteiger partial charge is 0.399 e. The molecule has 0 spiro atoms. The first-order valence-corrected chi connectivity index (χ1v) is 9.24. The predicted octanol–water partition coefficient (Wildman–Crippen LogP) is 5.75. The van der Waals surface area contributed by atoms with Crippen LogP contribution in [-0.4, -0.2) is 0 Å². The van der Waals surface area contributed by atoms with E-state index in [9.17, 15) is 0 Å². The molecule has 0 aliphatic rings. The highest BCUT2D eigenvalue weighted by atomic mass is 14.6. The molecule has 0 saturated carbocycles. The Morgan fingerprint density at radius 3 is 1.85 bits per heavy atom. The standard InChI is InChI=1S/C25H30N2/c1-5-9-19-11-16-23(24(27)22(19)10-6-2)25(17-7-3,18-8-4)20-12-14-21(26)15-13-20/h5-8,11-16H,1-4,9-10,17-18,26-27H2. The number of anilines is 2. The zero-order chi connectivity index (χ0) is 19.9. The van der Waals surface area contributed by atoms with Gasteiger partial charge in [0.1, 0.15) is 0 Å². The second kappa shape index (κ2) is 9.09. The van der Waals surface area contributed by atoms with Crippen LogP contribution in [0, 0.1) is 0 Å². The Morgan fingerprint density at radius 2 is 1.33 bits per heavy atom. The molecular formula is C25H30N2. The van der Waals surface area contributed by atoms with E-state index in [4.69, 9.17) is 11.5 Å². The van der Waals surface area contributed by atoms with E-state index < -0.39 is 0 Å². The zero-order valence-electron chi connectivity index (χ0n) is 16.1. The molecule has 0 heterocycles. The smallest absolute Gasteiger partial charge is 0.0394 e. The van der Waals surface area contributed by atoms with Crippen LogP contribution in [-0.2, 0) is 18.3 Å². The first-order valence-electron chi connectivity index (χ1n) is 9.24. The molecule has 0 radical (unpaired) electrons. The van der Waals surface area contributed by atoms with Crippen LogP contribution in [0.3, 0.4) is 0 Å². The topological polar surface area (TPSA) is 52.0 Å². The van der Waals surface area contributed by atoms with Crippen molar-refractivity contribution in [3.8, 4) is 0 Å². The molecule has 0 saturated heterocycles. The maximum Gasteiger partial charge on any atom is 0.0394 e. The molecule has 2 rings (SSSR count). The molecule has 0 atom stereocenters. The predicted molar refractivity (Wildman–Crippen MR) is 120 cm³/mol. The molecule has 0 bridgehead atoms. The maximum atomic E-state index is 6.74. The van der Waals surface area contributed by atoms with E-state index in [1.165, 1.54) is 5.56 Å². The minimum absolute atomic E-state index is 0.329. The molecule has 0 aromatic heterocycles. The number of nitrogen functional groups attached to an aromatic ring is 2. The Hall–Kier alpha value is -3.00. The van der Waals surface area contributed by atoms with Crippen molar-refractivity contribution in [3.63, 3.8) is 0 Å². The molecular weight excluding hydrogens is 328 g/mol. The van der Waals surface area contributed by atoms with Crippen LogP contribution in [0.4, 0.5) is 11.4 Å². The molecule has 140 valence electrons. The first-order chi connectivity index (χ1) is 13.0. The van der Waals surface area contributed by atoms with Crippen LogP contribution in [0.25, 0.3) is 0 Å². The van der Waals surface area contributed by atoms with Crippen LogP contribution in [0.5, 0.6) is 0 Å². The lowest BCUT2D eigenvalue weighted by Gasteiger charge is -2.35. The van der Waals surface area contributed by atoms with Crippen molar-refractivity contribution in [2.45, 2.75) is 31.1 Å². The highest BCUT2D eigenvalue weighted by Gasteiger charge is 2.34. The Morgan fingerprint density at radius 1 is 0.741 bits per heavy atom. The Labute approximate surface area is 163 Å². The highest BCUT2D eigenvalue weighted by Crippen LogP contribution is 2.44. The van der Waals surface area contributed by atoms with E-state index in [0.29, 0.717) is 0 Å². The number of hydrogen-bond acceptors (Lipinski definition) is 2. The zero-order valence-corrected chi connectivity index (χ0v) is 16.1. The van der Waals surface area contributed by atoms with Gasteiger partial charge in [-0.05, 0) is 60.1 Å². The maximum absolute atomic E-state index is 6.74. The third-order valence-corrected chi connectivity index (χ3v) is 5.13. The van der Waals surface area contributed by atoms with Gasteiger partial charge in [-0.1, -0.05) is 48.6 Å². The summed E-state index contributed by atoms with van der Waals surface area (Å²) in [6.45, 7) is 15.8. The summed E-state index contributed by atoms with van der Waals surface area (Å²) in [5, 5.41) is 0. The van der Waals surface area contributed by atoms with Gasteiger partial charge in [0, 0.05) is 16.8 Å². The van der Waals surface area contributed by atoms with Crippen molar-refractivity contribution in [2.75, 3.05) is 11.5 Å². The quantitative estimate of drug-likeness (QED) is 0.420. The fourth-order valence-corrected chi connectivity index (χ4v) is 3.85. The van der Waals surface area contributed by atoms with E-state index in [1.807, 2.05) is 36.4 Å². The van der Waals surface area contributed by atoms with Gasteiger partial charge < -0.3 is 11.5 Å². The van der Waals surface area contributed by atoms with Gasteiger partial charge in [0.2, 0.25) is 0 Å². The van der Waals surface area contributed by atoms with Crippen LogP contribution in [0.15, 0.2) is 87.0 Å². The van der Waals surface area contributed by atoms with Crippen molar-refractivity contribution in [2.24, 2.45) is 0 Å². The normalized spacial score (nSPS) is 11.0. The summed E-state index contributed by atoms with van der Waals surface area (Å²) in [7, 11) is 0. The lowest BCUT2D eigenvalue weighted by molar-refractivity contribution is 0.530. The van der Waals surface area contributed by atoms with Crippen molar-refractivity contribution in [1.29, 1.82) is 0 Å². The third kappa shape index (κ3) is 4.06. The summed E-state index contributed by atoms with van der Waals surface area (Å²) < 4.78 is 0. The lowest BCUT2D eigenvalue weighted by atomic mass is 9.68. The average molecular weight is 359 g/mol. The second-order valence-electron chi connectivity index (χ2n) is 6.84. The fourth-order valence-electron chi connectivity index (χ4n) is 3.85. The minimum Gasteiger partial charge on any atom is -0.399 e. The van der Waals surface area contributed by atoms with Crippen molar-refractivity contribution >= 4 is 11.4 Å². The molecule has 2 aromatic carbocycles. The number of rotatable bonds is 10. The van der Waals surface area contributed by atoms with Gasteiger partial charge in [-0.25, -0.2) is 0 Å². The van der Waals surface area contributed by atoms with Crippen LogP contribution in [0.1, 0.15) is 35.1 Å². The van der Waals surface area contributed by atoms with E-state index in [0.717, 1.165) is 53.7 Å². The second-order valence-corrected chi connectivity index (χ2v) is 6.84. The highest BCUT2D eigenvalue weighted by molar-refractivity contribution is 5.64. The molecule has 0 unspecified atom stereocenters. The minimum atomic E-state index is -0.329. The molecule has 4 N–H and O–H groups in total. The van der Waals surface area contributed by atoms with Gasteiger partial charge >= 0.3 is 0 Å². The summed E-state index contributed by atoms with van der Waals surface area (Å²) in [5.74, 6) is 0. The van der Waals surface area contributed by atoms with Gasteiger partial charge in [0.05, 0.1) is 0 Å². The molecule has 2 aromatic rings. The summed E-state index contributed by atoms with van der Waals surface area (Å²) in [6, 6.07) is 12.3. The lowest BCUT2D eigenvalue weighted by Crippen LogP contribution is -2.28. The van der Waals surface area contributed by atoms with Gasteiger partial charge in [0.15, 0.2) is 0 Å².